The molecule has 0 atom stereocenters. The Morgan fingerprint density at radius 3 is 2.40 bits per heavy atom. The zero-order valence-corrected chi connectivity index (χ0v) is 15.2. The van der Waals surface area contributed by atoms with Gasteiger partial charge in [-0.3, -0.25) is 0 Å². The molecular weight excluding hydrogens is 381 g/mol. The Morgan fingerprint density at radius 1 is 0.960 bits per heavy atom. The van der Waals surface area contributed by atoms with Crippen LogP contribution in [-0.2, 0) is 0 Å². The van der Waals surface area contributed by atoms with Crippen molar-refractivity contribution in [3.8, 4) is 0 Å². The minimum atomic E-state index is 0.0486. The lowest BCUT2D eigenvalue weighted by Crippen LogP contribution is -2.26. The maximum Gasteiger partial charge on any atom is 0.234 e. The summed E-state index contributed by atoms with van der Waals surface area (Å²) in [4.78, 5) is 0. The smallest absolute Gasteiger partial charge is 0.234 e. The van der Waals surface area contributed by atoms with Crippen LogP contribution in [0.4, 0.5) is 0 Å². The van der Waals surface area contributed by atoms with Gasteiger partial charge in [-0.2, -0.15) is 10.2 Å². The number of hydrogen-bond donors (Lipinski definition) is 2. The van der Waals surface area contributed by atoms with E-state index in [0.717, 1.165) is 11.1 Å². The van der Waals surface area contributed by atoms with E-state index in [4.69, 9.17) is 40.5 Å². The second kappa shape index (κ2) is 9.84. The lowest BCUT2D eigenvalue weighted by molar-refractivity contribution is 0.994. The number of rotatable bonds is 5. The Labute approximate surface area is 160 Å². The highest BCUT2D eigenvalue weighted by molar-refractivity contribution is 6.42. The van der Waals surface area contributed by atoms with Gasteiger partial charge in [0.05, 0.1) is 16.3 Å². The number of nitrogens with zero attached hydrogens (tertiary/aromatic N) is 3. The van der Waals surface area contributed by atoms with Gasteiger partial charge in [0.2, 0.25) is 5.96 Å². The highest BCUT2D eigenvalue weighted by Crippen LogP contribution is 2.21. The van der Waals surface area contributed by atoms with Crippen LogP contribution in [0.3, 0.4) is 0 Å². The zero-order chi connectivity index (χ0) is 18.1. The normalized spacial score (nSPS) is 12.5. The summed E-state index contributed by atoms with van der Waals surface area (Å²) in [5, 5.41) is 13.1. The first-order valence-corrected chi connectivity index (χ1v) is 8.21. The Hall–Kier alpha value is -2.34. The summed E-state index contributed by atoms with van der Waals surface area (Å²) in [5.74, 6) is 0.0486. The van der Waals surface area contributed by atoms with Gasteiger partial charge in [-0.25, -0.2) is 5.43 Å². The Morgan fingerprint density at radius 2 is 1.68 bits per heavy atom. The molecule has 0 heterocycles. The summed E-state index contributed by atoms with van der Waals surface area (Å²) in [7, 11) is 0. The summed E-state index contributed by atoms with van der Waals surface area (Å²) in [6.45, 7) is 0. The number of nitrogens with two attached hydrogens (primary N) is 1. The fraction of sp³-hybridized carbons (Fsp3) is 0. The standard InChI is InChI=1S/C17H14Cl3N5/c18-14-6-3-12(4-7-14)2-1-9-22-24-17(21)25-23-11-13-5-8-15(19)16(20)10-13/h1-11H,(H3,21,24,25). The molecule has 0 aliphatic heterocycles. The third-order valence-electron chi connectivity index (χ3n) is 2.81. The van der Waals surface area contributed by atoms with E-state index in [-0.39, 0.29) is 5.96 Å². The van der Waals surface area contributed by atoms with Crippen LogP contribution >= 0.6 is 34.8 Å². The molecule has 128 valence electrons. The molecule has 0 radical (unpaired) electrons. The van der Waals surface area contributed by atoms with Gasteiger partial charge >= 0.3 is 0 Å². The first-order valence-electron chi connectivity index (χ1n) is 7.07. The summed E-state index contributed by atoms with van der Waals surface area (Å²) in [6.07, 6.45) is 6.64. The molecule has 0 bridgehead atoms. The number of hydrogen-bond acceptors (Lipinski definition) is 3. The topological polar surface area (TPSA) is 75.1 Å². The van der Waals surface area contributed by atoms with E-state index in [1.54, 1.807) is 24.3 Å². The molecule has 0 spiro atoms. The monoisotopic (exact) mass is 393 g/mol. The van der Waals surface area contributed by atoms with Gasteiger partial charge in [-0.1, -0.05) is 59.1 Å². The van der Waals surface area contributed by atoms with Crippen molar-refractivity contribution in [3.05, 3.63) is 74.7 Å². The molecule has 8 heteroatoms. The highest BCUT2D eigenvalue weighted by atomic mass is 35.5. The molecule has 0 aliphatic carbocycles. The van der Waals surface area contributed by atoms with Crippen molar-refractivity contribution >= 4 is 59.3 Å². The van der Waals surface area contributed by atoms with E-state index < -0.39 is 0 Å². The lowest BCUT2D eigenvalue weighted by atomic mass is 10.2. The van der Waals surface area contributed by atoms with Gasteiger partial charge in [0.1, 0.15) is 0 Å². The number of guanidine groups is 1. The molecule has 3 N–H and O–H groups in total. The van der Waals surface area contributed by atoms with Crippen LogP contribution in [0.1, 0.15) is 11.1 Å². The highest BCUT2D eigenvalue weighted by Gasteiger charge is 1.97. The van der Waals surface area contributed by atoms with Crippen molar-refractivity contribution in [2.24, 2.45) is 21.0 Å². The van der Waals surface area contributed by atoms with Gasteiger partial charge < -0.3 is 5.73 Å². The van der Waals surface area contributed by atoms with Crippen molar-refractivity contribution in [2.45, 2.75) is 0 Å². The van der Waals surface area contributed by atoms with E-state index in [1.165, 1.54) is 12.4 Å². The van der Waals surface area contributed by atoms with Crippen LogP contribution in [0, 0.1) is 0 Å². The Kier molecular flexibility index (Phi) is 7.47. The van der Waals surface area contributed by atoms with Gasteiger partial charge in [-0.15, -0.1) is 5.10 Å². The van der Waals surface area contributed by atoms with Crippen LogP contribution < -0.4 is 11.2 Å². The molecule has 0 aliphatic rings. The summed E-state index contributed by atoms with van der Waals surface area (Å²) >= 11 is 17.6. The number of allylic oxidation sites excluding steroid dienone is 1. The molecular formula is C17H14Cl3N5. The van der Waals surface area contributed by atoms with Crippen LogP contribution in [0.25, 0.3) is 6.08 Å². The largest absolute Gasteiger partial charge is 0.367 e. The number of nitrogens with one attached hydrogen (secondary N) is 1. The van der Waals surface area contributed by atoms with E-state index in [9.17, 15) is 0 Å². The molecule has 0 aromatic heterocycles. The average molecular weight is 395 g/mol. The van der Waals surface area contributed by atoms with Gasteiger partial charge in [-0.05, 0) is 41.5 Å². The first-order chi connectivity index (χ1) is 12.0. The van der Waals surface area contributed by atoms with Crippen LogP contribution in [0.2, 0.25) is 15.1 Å². The summed E-state index contributed by atoms with van der Waals surface area (Å²) in [5.41, 5.74) is 9.94. The molecule has 0 saturated carbocycles. The van der Waals surface area contributed by atoms with Crippen molar-refractivity contribution in [2.75, 3.05) is 0 Å². The molecule has 2 aromatic rings. The van der Waals surface area contributed by atoms with Gasteiger partial charge in [0, 0.05) is 11.2 Å². The third kappa shape index (κ3) is 6.97. The molecule has 2 aromatic carbocycles. The average Bonchev–Trinajstić information content (AvgIpc) is 2.59. The van der Waals surface area contributed by atoms with Gasteiger partial charge in [0.15, 0.2) is 0 Å². The van der Waals surface area contributed by atoms with Crippen LogP contribution in [0.5, 0.6) is 0 Å². The summed E-state index contributed by atoms with van der Waals surface area (Å²) in [6, 6.07) is 12.5. The molecule has 5 nitrogen and oxygen atoms in total. The van der Waals surface area contributed by atoms with Crippen LogP contribution in [0.15, 0.2) is 63.8 Å². The fourth-order valence-electron chi connectivity index (χ4n) is 1.65. The second-order valence-corrected chi connectivity index (χ2v) is 5.95. The van der Waals surface area contributed by atoms with E-state index in [0.29, 0.717) is 15.1 Å². The van der Waals surface area contributed by atoms with Gasteiger partial charge in [0.25, 0.3) is 0 Å². The Bertz CT molecular complexity index is 827. The number of benzene rings is 2. The predicted molar refractivity (Wildman–Crippen MR) is 108 cm³/mol. The molecule has 0 fully saturated rings. The predicted octanol–water partition coefficient (Wildman–Crippen LogP) is 4.58. The lowest BCUT2D eigenvalue weighted by Gasteiger charge is -1.98. The van der Waals surface area contributed by atoms with Crippen molar-refractivity contribution in [3.63, 3.8) is 0 Å². The number of hydrazone groups is 1. The minimum absolute atomic E-state index is 0.0486. The van der Waals surface area contributed by atoms with E-state index in [2.05, 4.69) is 20.7 Å². The molecule has 25 heavy (non-hydrogen) atoms. The van der Waals surface area contributed by atoms with E-state index in [1.807, 2.05) is 30.3 Å². The SMILES string of the molecule is N/C(=N/N=CC=Cc1ccc(Cl)cc1)NN=Cc1ccc(Cl)c(Cl)c1. The quantitative estimate of drug-likeness (QED) is 0.442. The molecule has 0 saturated heterocycles. The van der Waals surface area contributed by atoms with Crippen molar-refractivity contribution in [1.82, 2.24) is 5.43 Å². The van der Waals surface area contributed by atoms with E-state index >= 15 is 0 Å². The molecule has 0 unspecified atom stereocenters. The van der Waals surface area contributed by atoms with Crippen LogP contribution in [-0.4, -0.2) is 18.4 Å². The fourth-order valence-corrected chi connectivity index (χ4v) is 2.08. The molecule has 2 rings (SSSR count). The summed E-state index contributed by atoms with van der Waals surface area (Å²) < 4.78 is 0. The number of halogens is 3. The second-order valence-electron chi connectivity index (χ2n) is 4.70. The maximum absolute atomic E-state index is 5.91. The first kappa shape index (κ1) is 19.0. The van der Waals surface area contributed by atoms with Crippen molar-refractivity contribution < 1.29 is 0 Å². The third-order valence-corrected chi connectivity index (χ3v) is 3.80. The maximum atomic E-state index is 5.91. The molecule has 0 amide bonds. The van der Waals surface area contributed by atoms with Crippen molar-refractivity contribution in [1.29, 1.82) is 0 Å². The Balaban J connectivity index is 1.83. The zero-order valence-electron chi connectivity index (χ0n) is 12.9. The minimum Gasteiger partial charge on any atom is -0.367 e.